The van der Waals surface area contributed by atoms with E-state index in [1.54, 1.807) is 0 Å². The van der Waals surface area contributed by atoms with Gasteiger partial charge in [-0.1, -0.05) is 0 Å². The SMILES string of the molecule is FC(F)=C(F)C(F)(F)F.[NaH]. The summed E-state index contributed by atoms with van der Waals surface area (Å²) in [7, 11) is 0. The molecular weight excluding hydrogens is 173 g/mol. The molecule has 10 heavy (non-hydrogen) atoms. The van der Waals surface area contributed by atoms with Gasteiger partial charge in [0.1, 0.15) is 0 Å². The Bertz CT molecular complexity index is 130. The van der Waals surface area contributed by atoms with Crippen molar-refractivity contribution >= 4 is 29.6 Å². The van der Waals surface area contributed by atoms with Crippen LogP contribution in [0.4, 0.5) is 26.3 Å². The van der Waals surface area contributed by atoms with Gasteiger partial charge < -0.3 is 0 Å². The Labute approximate surface area is 74.2 Å². The van der Waals surface area contributed by atoms with Gasteiger partial charge >= 0.3 is 41.8 Å². The van der Waals surface area contributed by atoms with Crippen molar-refractivity contribution in [1.82, 2.24) is 0 Å². The van der Waals surface area contributed by atoms with Crippen LogP contribution in [0.3, 0.4) is 0 Å². The van der Waals surface area contributed by atoms with Crippen molar-refractivity contribution in [3.63, 3.8) is 0 Å². The van der Waals surface area contributed by atoms with Crippen LogP contribution in [0, 0.1) is 0 Å². The molecule has 0 spiro atoms. The molecule has 0 aliphatic rings. The number of hydrogen-bond acceptors (Lipinski definition) is 0. The summed E-state index contributed by atoms with van der Waals surface area (Å²) in [6, 6.07) is 0. The fraction of sp³-hybridized carbons (Fsp3) is 0.333. The Hall–Kier alpha value is 0.320. The van der Waals surface area contributed by atoms with E-state index in [2.05, 4.69) is 0 Å². The molecule has 0 amide bonds. The fourth-order valence-corrected chi connectivity index (χ4v) is 0.107. The molecule has 0 saturated heterocycles. The van der Waals surface area contributed by atoms with Gasteiger partial charge in [-0.2, -0.15) is 26.3 Å². The van der Waals surface area contributed by atoms with Gasteiger partial charge in [-0.25, -0.2) is 0 Å². The van der Waals surface area contributed by atoms with Gasteiger partial charge in [0.25, 0.3) is 5.83 Å². The van der Waals surface area contributed by atoms with Gasteiger partial charge in [0.05, 0.1) is 0 Å². The van der Waals surface area contributed by atoms with E-state index in [4.69, 9.17) is 0 Å². The first-order valence-electron chi connectivity index (χ1n) is 1.63. The quantitative estimate of drug-likeness (QED) is 0.389. The topological polar surface area (TPSA) is 0 Å². The second kappa shape index (κ2) is 4.25. The van der Waals surface area contributed by atoms with Gasteiger partial charge in [0.2, 0.25) is 0 Å². The summed E-state index contributed by atoms with van der Waals surface area (Å²) < 4.78 is 64.8. The fourth-order valence-electron chi connectivity index (χ4n) is 0.107. The van der Waals surface area contributed by atoms with Crippen LogP contribution in [-0.2, 0) is 0 Å². The third-order valence-electron chi connectivity index (χ3n) is 0.415. The molecule has 0 radical (unpaired) electrons. The molecule has 0 N–H and O–H groups in total. The molecule has 0 fully saturated rings. The molecule has 7 heteroatoms. The molecule has 0 bridgehead atoms. The maximum atomic E-state index is 11.0. The minimum atomic E-state index is -5.56. The van der Waals surface area contributed by atoms with Gasteiger partial charge in [0, 0.05) is 0 Å². The van der Waals surface area contributed by atoms with E-state index in [-0.39, 0.29) is 29.6 Å². The Kier molecular flexibility index (Phi) is 5.50. The van der Waals surface area contributed by atoms with E-state index in [0.29, 0.717) is 0 Å². The summed E-state index contributed by atoms with van der Waals surface area (Å²) in [5.74, 6) is -3.33. The Morgan fingerprint density at radius 2 is 1.20 bits per heavy atom. The van der Waals surface area contributed by atoms with Gasteiger partial charge in [0.15, 0.2) is 0 Å². The van der Waals surface area contributed by atoms with E-state index in [1.165, 1.54) is 0 Å². The number of alkyl halides is 3. The number of rotatable bonds is 0. The van der Waals surface area contributed by atoms with E-state index in [9.17, 15) is 26.3 Å². The zero-order chi connectivity index (χ0) is 7.65. The maximum absolute atomic E-state index is 11.0. The van der Waals surface area contributed by atoms with Gasteiger partial charge in [-0.3, -0.25) is 0 Å². The first-order valence-corrected chi connectivity index (χ1v) is 1.63. The Morgan fingerprint density at radius 1 is 0.900 bits per heavy atom. The van der Waals surface area contributed by atoms with Crippen LogP contribution >= 0.6 is 0 Å². The zero-order valence-electron chi connectivity index (χ0n) is 3.77. The summed E-state index contributed by atoms with van der Waals surface area (Å²) in [6.45, 7) is 0. The zero-order valence-corrected chi connectivity index (χ0v) is 3.77. The van der Waals surface area contributed by atoms with Crippen LogP contribution in [0.1, 0.15) is 0 Å². The van der Waals surface area contributed by atoms with Crippen molar-refractivity contribution < 1.29 is 26.3 Å². The monoisotopic (exact) mass is 174 g/mol. The second-order valence-corrected chi connectivity index (χ2v) is 1.07. The summed E-state index contributed by atoms with van der Waals surface area (Å²) in [6.07, 6.45) is -8.90. The summed E-state index contributed by atoms with van der Waals surface area (Å²) in [5.41, 5.74) is 0. The van der Waals surface area contributed by atoms with Gasteiger partial charge in [-0.05, 0) is 0 Å². The van der Waals surface area contributed by atoms with E-state index in [0.717, 1.165) is 0 Å². The predicted octanol–water partition coefficient (Wildman–Crippen LogP) is 1.98. The van der Waals surface area contributed by atoms with Crippen molar-refractivity contribution in [3.05, 3.63) is 11.9 Å². The predicted molar refractivity (Wildman–Crippen MR) is 23.6 cm³/mol. The van der Waals surface area contributed by atoms with Crippen LogP contribution in [0.15, 0.2) is 11.9 Å². The van der Waals surface area contributed by atoms with Crippen molar-refractivity contribution in [2.75, 3.05) is 0 Å². The molecule has 0 heterocycles. The molecule has 0 unspecified atom stereocenters. The molecule has 0 atom stereocenters. The molecule has 0 saturated carbocycles. The van der Waals surface area contributed by atoms with Crippen LogP contribution in [0.2, 0.25) is 0 Å². The van der Waals surface area contributed by atoms with Crippen LogP contribution in [-0.4, -0.2) is 35.7 Å². The summed E-state index contributed by atoms with van der Waals surface area (Å²) >= 11 is 0. The summed E-state index contributed by atoms with van der Waals surface area (Å²) in [5, 5.41) is 0. The van der Waals surface area contributed by atoms with Gasteiger partial charge in [-0.15, -0.1) is 0 Å². The Morgan fingerprint density at radius 3 is 1.20 bits per heavy atom. The molecule has 0 nitrogen and oxygen atoms in total. The molecule has 0 aromatic carbocycles. The normalized spacial score (nSPS) is 10.2. The first kappa shape index (κ1) is 12.9. The van der Waals surface area contributed by atoms with Crippen molar-refractivity contribution in [1.29, 1.82) is 0 Å². The molecule has 0 aliphatic heterocycles. The Balaban J connectivity index is 0. The van der Waals surface area contributed by atoms with E-state index in [1.807, 2.05) is 0 Å². The standard InChI is InChI=1S/C3F6.Na.H/c4-1(2(5)6)3(7,8)9;;. The van der Waals surface area contributed by atoms with E-state index < -0.39 is 18.1 Å². The van der Waals surface area contributed by atoms with Crippen LogP contribution in [0.25, 0.3) is 0 Å². The molecule has 0 aromatic rings. The van der Waals surface area contributed by atoms with Crippen LogP contribution < -0.4 is 0 Å². The third kappa shape index (κ3) is 4.19. The minimum absolute atomic E-state index is 0. The summed E-state index contributed by atoms with van der Waals surface area (Å²) in [4.78, 5) is 0. The first-order chi connectivity index (χ1) is 3.85. The number of allylic oxidation sites excluding steroid dienone is 1. The third-order valence-corrected chi connectivity index (χ3v) is 0.415. The molecule has 0 aliphatic carbocycles. The number of halogens is 6. The molecule has 56 valence electrons. The molecule has 0 rings (SSSR count). The van der Waals surface area contributed by atoms with Crippen LogP contribution in [0.5, 0.6) is 0 Å². The van der Waals surface area contributed by atoms with Crippen molar-refractivity contribution in [2.45, 2.75) is 6.18 Å². The molecule has 0 aromatic heterocycles. The average Bonchev–Trinajstić information content (AvgIpc) is 1.62. The van der Waals surface area contributed by atoms with E-state index >= 15 is 0 Å². The van der Waals surface area contributed by atoms with Crippen molar-refractivity contribution in [2.24, 2.45) is 0 Å². The number of hydrogen-bond donors (Lipinski definition) is 0. The molecular formula is C3HF6Na. The average molecular weight is 174 g/mol. The van der Waals surface area contributed by atoms with Crippen molar-refractivity contribution in [3.8, 4) is 0 Å². The second-order valence-electron chi connectivity index (χ2n) is 1.07.